The van der Waals surface area contributed by atoms with Gasteiger partial charge < -0.3 is 10.2 Å². The molecule has 0 bridgehead atoms. The van der Waals surface area contributed by atoms with Crippen LogP contribution in [0.4, 0.5) is 17.1 Å². The van der Waals surface area contributed by atoms with Crippen molar-refractivity contribution in [3.05, 3.63) is 67.8 Å². The maximum atomic E-state index is 3.83. The molecule has 0 saturated heterocycles. The first kappa shape index (κ1) is 13.8. The minimum atomic E-state index is 0.819. The van der Waals surface area contributed by atoms with E-state index in [1.807, 2.05) is 23.9 Å². The second kappa shape index (κ2) is 6.10. The zero-order chi connectivity index (χ0) is 14.7. The molecule has 0 saturated carbocycles. The topological polar surface area (TPSA) is 15.3 Å². The highest BCUT2D eigenvalue weighted by atomic mass is 32.2. The largest absolute Gasteiger partial charge is 0.364 e. The molecule has 3 heteroatoms. The van der Waals surface area contributed by atoms with E-state index in [1.54, 1.807) is 0 Å². The van der Waals surface area contributed by atoms with Gasteiger partial charge >= 0.3 is 0 Å². The third-order valence-corrected chi connectivity index (χ3v) is 4.54. The average molecular weight is 294 g/mol. The van der Waals surface area contributed by atoms with E-state index in [2.05, 4.69) is 65.8 Å². The lowest BCUT2D eigenvalue weighted by Gasteiger charge is -2.25. The molecule has 106 valence electrons. The standard InChI is InChI=1S/C18H18N2S/c1-3-11-20(12-4-2)14-9-10-16-18(13-14)21-17-8-6-5-7-15(17)19-16/h3-10,13,19H,1-2,11-12H2. The van der Waals surface area contributed by atoms with Crippen molar-refractivity contribution in [1.29, 1.82) is 0 Å². The fourth-order valence-electron chi connectivity index (χ4n) is 2.41. The first-order chi connectivity index (χ1) is 10.3. The Morgan fingerprint density at radius 3 is 2.43 bits per heavy atom. The fraction of sp³-hybridized carbons (Fsp3) is 0.111. The van der Waals surface area contributed by atoms with Crippen molar-refractivity contribution in [2.75, 3.05) is 23.3 Å². The van der Waals surface area contributed by atoms with Crippen LogP contribution in [-0.2, 0) is 0 Å². The monoisotopic (exact) mass is 294 g/mol. The Morgan fingerprint density at radius 1 is 0.952 bits per heavy atom. The third kappa shape index (κ3) is 2.83. The molecule has 2 aromatic carbocycles. The van der Waals surface area contributed by atoms with Crippen LogP contribution in [0.15, 0.2) is 77.6 Å². The summed E-state index contributed by atoms with van der Waals surface area (Å²) in [5, 5.41) is 3.49. The predicted molar refractivity (Wildman–Crippen MR) is 92.9 cm³/mol. The highest BCUT2D eigenvalue weighted by molar-refractivity contribution is 7.99. The van der Waals surface area contributed by atoms with Crippen molar-refractivity contribution in [3.63, 3.8) is 0 Å². The number of para-hydroxylation sites is 1. The molecule has 21 heavy (non-hydrogen) atoms. The minimum Gasteiger partial charge on any atom is -0.364 e. The summed E-state index contributed by atoms with van der Waals surface area (Å²) in [6, 6.07) is 14.9. The van der Waals surface area contributed by atoms with Crippen molar-refractivity contribution in [1.82, 2.24) is 0 Å². The first-order valence-electron chi connectivity index (χ1n) is 6.96. The Kier molecular flexibility index (Phi) is 4.02. The molecule has 2 nitrogen and oxygen atoms in total. The fourth-order valence-corrected chi connectivity index (χ4v) is 3.44. The molecular weight excluding hydrogens is 276 g/mol. The Hall–Kier alpha value is -2.13. The number of benzene rings is 2. The molecule has 1 aliphatic rings. The molecule has 0 fully saturated rings. The zero-order valence-electron chi connectivity index (χ0n) is 11.9. The number of fused-ring (bicyclic) bond motifs is 2. The Morgan fingerprint density at radius 2 is 1.67 bits per heavy atom. The summed E-state index contributed by atoms with van der Waals surface area (Å²) in [5.41, 5.74) is 3.54. The number of hydrogen-bond donors (Lipinski definition) is 1. The van der Waals surface area contributed by atoms with E-state index in [0.29, 0.717) is 0 Å². The van der Waals surface area contributed by atoms with Crippen LogP contribution in [0, 0.1) is 0 Å². The summed E-state index contributed by atoms with van der Waals surface area (Å²) in [5.74, 6) is 0. The van der Waals surface area contributed by atoms with Crippen LogP contribution in [-0.4, -0.2) is 13.1 Å². The lowest BCUT2D eigenvalue weighted by Crippen LogP contribution is -2.23. The number of anilines is 3. The van der Waals surface area contributed by atoms with E-state index in [4.69, 9.17) is 0 Å². The van der Waals surface area contributed by atoms with Gasteiger partial charge in [0.1, 0.15) is 0 Å². The van der Waals surface area contributed by atoms with Gasteiger partial charge in [-0.2, -0.15) is 0 Å². The summed E-state index contributed by atoms with van der Waals surface area (Å²) < 4.78 is 0. The maximum Gasteiger partial charge on any atom is 0.0527 e. The lowest BCUT2D eigenvalue weighted by molar-refractivity contribution is 0.953. The molecule has 0 amide bonds. The van der Waals surface area contributed by atoms with Crippen LogP contribution in [0.3, 0.4) is 0 Å². The number of nitrogens with zero attached hydrogens (tertiary/aromatic N) is 1. The highest BCUT2D eigenvalue weighted by Crippen LogP contribution is 2.45. The van der Waals surface area contributed by atoms with Crippen molar-refractivity contribution in [2.45, 2.75) is 9.79 Å². The first-order valence-corrected chi connectivity index (χ1v) is 7.78. The molecule has 1 N–H and O–H groups in total. The van der Waals surface area contributed by atoms with Gasteiger partial charge in [0, 0.05) is 28.6 Å². The smallest absolute Gasteiger partial charge is 0.0527 e. The molecule has 0 atom stereocenters. The van der Waals surface area contributed by atoms with Crippen LogP contribution in [0.1, 0.15) is 0 Å². The number of rotatable bonds is 5. The molecule has 1 heterocycles. The van der Waals surface area contributed by atoms with Gasteiger partial charge in [-0.05, 0) is 30.3 Å². The normalized spacial score (nSPS) is 11.8. The SMILES string of the molecule is C=CCN(CC=C)c1ccc2c(c1)Sc1ccccc1N2. The minimum absolute atomic E-state index is 0.819. The summed E-state index contributed by atoms with van der Waals surface area (Å²) in [7, 11) is 0. The average Bonchev–Trinajstić information content (AvgIpc) is 2.52. The van der Waals surface area contributed by atoms with E-state index < -0.39 is 0 Å². The second-order valence-electron chi connectivity index (χ2n) is 4.89. The lowest BCUT2D eigenvalue weighted by atomic mass is 10.2. The van der Waals surface area contributed by atoms with Crippen molar-refractivity contribution >= 4 is 28.8 Å². The Balaban J connectivity index is 1.92. The Bertz CT molecular complexity index is 669. The number of hydrogen-bond acceptors (Lipinski definition) is 3. The van der Waals surface area contributed by atoms with Crippen LogP contribution in [0.5, 0.6) is 0 Å². The van der Waals surface area contributed by atoms with Gasteiger partial charge in [-0.3, -0.25) is 0 Å². The summed E-state index contributed by atoms with van der Waals surface area (Å²) in [4.78, 5) is 4.77. The van der Waals surface area contributed by atoms with E-state index in [1.165, 1.54) is 26.9 Å². The Labute approximate surface area is 130 Å². The van der Waals surface area contributed by atoms with Crippen molar-refractivity contribution in [3.8, 4) is 0 Å². The van der Waals surface area contributed by atoms with Gasteiger partial charge in [-0.25, -0.2) is 0 Å². The van der Waals surface area contributed by atoms with Crippen LogP contribution >= 0.6 is 11.8 Å². The molecule has 0 radical (unpaired) electrons. The van der Waals surface area contributed by atoms with E-state index in [-0.39, 0.29) is 0 Å². The van der Waals surface area contributed by atoms with Crippen LogP contribution in [0.25, 0.3) is 0 Å². The summed E-state index contributed by atoms with van der Waals surface area (Å²) >= 11 is 1.81. The summed E-state index contributed by atoms with van der Waals surface area (Å²) in [6.07, 6.45) is 3.84. The summed E-state index contributed by atoms with van der Waals surface area (Å²) in [6.45, 7) is 9.30. The van der Waals surface area contributed by atoms with Crippen LogP contribution in [0.2, 0.25) is 0 Å². The van der Waals surface area contributed by atoms with Gasteiger partial charge in [0.25, 0.3) is 0 Å². The molecule has 3 rings (SSSR count). The molecule has 0 spiro atoms. The maximum absolute atomic E-state index is 3.83. The van der Waals surface area contributed by atoms with E-state index in [9.17, 15) is 0 Å². The molecular formula is C18H18N2S. The predicted octanol–water partition coefficient (Wildman–Crippen LogP) is 5.07. The quantitative estimate of drug-likeness (QED) is 0.661. The third-order valence-electron chi connectivity index (χ3n) is 3.41. The van der Waals surface area contributed by atoms with Gasteiger partial charge in [-0.1, -0.05) is 36.0 Å². The molecule has 0 unspecified atom stereocenters. The van der Waals surface area contributed by atoms with Gasteiger partial charge in [0.2, 0.25) is 0 Å². The molecule has 1 aliphatic heterocycles. The molecule has 0 aromatic heterocycles. The van der Waals surface area contributed by atoms with Crippen LogP contribution < -0.4 is 10.2 Å². The zero-order valence-corrected chi connectivity index (χ0v) is 12.7. The van der Waals surface area contributed by atoms with E-state index >= 15 is 0 Å². The second-order valence-corrected chi connectivity index (χ2v) is 5.97. The van der Waals surface area contributed by atoms with Crippen molar-refractivity contribution < 1.29 is 0 Å². The number of nitrogens with one attached hydrogen (secondary N) is 1. The van der Waals surface area contributed by atoms with Crippen molar-refractivity contribution in [2.24, 2.45) is 0 Å². The molecule has 0 aliphatic carbocycles. The van der Waals surface area contributed by atoms with Gasteiger partial charge in [-0.15, -0.1) is 13.2 Å². The van der Waals surface area contributed by atoms with Gasteiger partial charge in [0.05, 0.1) is 11.4 Å². The molecule has 2 aromatic rings. The van der Waals surface area contributed by atoms with E-state index in [0.717, 1.165) is 13.1 Å². The highest BCUT2D eigenvalue weighted by Gasteiger charge is 2.16. The van der Waals surface area contributed by atoms with Gasteiger partial charge in [0.15, 0.2) is 0 Å².